The molecule has 1 rings (SSSR count). The highest BCUT2D eigenvalue weighted by molar-refractivity contribution is 6.31. The molecule has 0 spiro atoms. The van der Waals surface area contributed by atoms with E-state index in [1.54, 1.807) is 26.0 Å². The Morgan fingerprint density at radius 3 is 2.33 bits per heavy atom. The van der Waals surface area contributed by atoms with Gasteiger partial charge in [-0.3, -0.25) is 4.79 Å². The average Bonchev–Trinajstić information content (AvgIpc) is 2.27. The summed E-state index contributed by atoms with van der Waals surface area (Å²) in [7, 11) is 0. The first-order chi connectivity index (χ1) is 8.30. The van der Waals surface area contributed by atoms with E-state index >= 15 is 0 Å². The van der Waals surface area contributed by atoms with Crippen molar-refractivity contribution in [2.45, 2.75) is 32.2 Å². The molecule has 0 bridgehead atoms. The SMILES string of the molecule is CC(C)(CCc1ccc(Cl)cc1)NC(=O)C(=O)O. The van der Waals surface area contributed by atoms with Gasteiger partial charge in [0.15, 0.2) is 0 Å². The van der Waals surface area contributed by atoms with Gasteiger partial charge in [0.25, 0.3) is 0 Å². The van der Waals surface area contributed by atoms with Crippen LogP contribution in [-0.4, -0.2) is 22.5 Å². The van der Waals surface area contributed by atoms with E-state index in [1.807, 2.05) is 12.1 Å². The smallest absolute Gasteiger partial charge is 0.394 e. The summed E-state index contributed by atoms with van der Waals surface area (Å²) < 4.78 is 0. The van der Waals surface area contributed by atoms with Crippen molar-refractivity contribution in [3.63, 3.8) is 0 Å². The summed E-state index contributed by atoms with van der Waals surface area (Å²) in [6.07, 6.45) is 1.39. The Kier molecular flexibility index (Phi) is 4.73. The molecule has 0 aromatic heterocycles. The maximum Gasteiger partial charge on any atom is 0.394 e. The van der Waals surface area contributed by atoms with Gasteiger partial charge in [0, 0.05) is 10.6 Å². The Morgan fingerprint density at radius 1 is 1.28 bits per heavy atom. The molecule has 4 nitrogen and oxygen atoms in total. The molecule has 0 aliphatic heterocycles. The van der Waals surface area contributed by atoms with Crippen molar-refractivity contribution in [3.8, 4) is 0 Å². The van der Waals surface area contributed by atoms with Crippen LogP contribution in [0.15, 0.2) is 24.3 Å². The fourth-order valence-corrected chi connectivity index (χ4v) is 1.66. The lowest BCUT2D eigenvalue weighted by atomic mass is 9.95. The summed E-state index contributed by atoms with van der Waals surface area (Å²) in [5, 5.41) is 11.7. The van der Waals surface area contributed by atoms with Gasteiger partial charge in [0.05, 0.1) is 0 Å². The van der Waals surface area contributed by atoms with E-state index < -0.39 is 17.4 Å². The van der Waals surface area contributed by atoms with Gasteiger partial charge in [-0.1, -0.05) is 23.7 Å². The summed E-state index contributed by atoms with van der Waals surface area (Å²) in [5.74, 6) is -2.44. The molecule has 2 N–H and O–H groups in total. The van der Waals surface area contributed by atoms with Crippen molar-refractivity contribution in [1.29, 1.82) is 0 Å². The number of aliphatic carboxylic acids is 1. The molecule has 0 unspecified atom stereocenters. The maximum absolute atomic E-state index is 11.1. The molecular formula is C13H16ClNO3. The van der Waals surface area contributed by atoms with Gasteiger partial charge >= 0.3 is 11.9 Å². The Labute approximate surface area is 111 Å². The number of halogens is 1. The predicted octanol–water partition coefficient (Wildman–Crippen LogP) is 2.25. The van der Waals surface area contributed by atoms with E-state index in [-0.39, 0.29) is 0 Å². The minimum Gasteiger partial charge on any atom is -0.474 e. The molecule has 0 heterocycles. The third-order valence-corrected chi connectivity index (χ3v) is 2.85. The van der Waals surface area contributed by atoms with Crippen LogP contribution < -0.4 is 5.32 Å². The third kappa shape index (κ3) is 4.75. The average molecular weight is 270 g/mol. The minimum atomic E-state index is -1.46. The highest BCUT2D eigenvalue weighted by Gasteiger charge is 2.23. The lowest BCUT2D eigenvalue weighted by Gasteiger charge is -2.25. The van der Waals surface area contributed by atoms with Crippen LogP contribution in [0.5, 0.6) is 0 Å². The van der Waals surface area contributed by atoms with Gasteiger partial charge in [0.1, 0.15) is 0 Å². The van der Waals surface area contributed by atoms with E-state index in [1.165, 1.54) is 0 Å². The molecule has 1 aromatic rings. The molecule has 98 valence electrons. The summed E-state index contributed by atoms with van der Waals surface area (Å²) >= 11 is 5.78. The molecule has 5 heteroatoms. The summed E-state index contributed by atoms with van der Waals surface area (Å²) in [4.78, 5) is 21.5. The molecule has 0 fully saturated rings. The van der Waals surface area contributed by atoms with E-state index in [0.29, 0.717) is 11.4 Å². The van der Waals surface area contributed by atoms with Gasteiger partial charge in [0.2, 0.25) is 0 Å². The quantitative estimate of drug-likeness (QED) is 0.824. The number of carbonyl (C=O) groups is 2. The highest BCUT2D eigenvalue weighted by atomic mass is 35.5. The van der Waals surface area contributed by atoms with Crippen molar-refractivity contribution in [1.82, 2.24) is 5.32 Å². The molecular weight excluding hydrogens is 254 g/mol. The van der Waals surface area contributed by atoms with Crippen molar-refractivity contribution in [2.75, 3.05) is 0 Å². The first-order valence-corrected chi connectivity index (χ1v) is 5.98. The molecule has 1 amide bonds. The van der Waals surface area contributed by atoms with Crippen LogP contribution in [0.4, 0.5) is 0 Å². The second-order valence-electron chi connectivity index (χ2n) is 4.77. The van der Waals surface area contributed by atoms with Gasteiger partial charge < -0.3 is 10.4 Å². The largest absolute Gasteiger partial charge is 0.474 e. The molecule has 1 aromatic carbocycles. The van der Waals surface area contributed by atoms with Gasteiger partial charge in [-0.2, -0.15) is 0 Å². The lowest BCUT2D eigenvalue weighted by Crippen LogP contribution is -2.46. The zero-order chi connectivity index (χ0) is 13.8. The number of carboxylic acid groups (broad SMARTS) is 1. The first-order valence-electron chi connectivity index (χ1n) is 5.60. The molecule has 0 aliphatic rings. The van der Waals surface area contributed by atoms with Gasteiger partial charge in [-0.25, -0.2) is 4.79 Å². The van der Waals surface area contributed by atoms with Crippen molar-refractivity contribution < 1.29 is 14.7 Å². The number of carboxylic acids is 1. The summed E-state index contributed by atoms with van der Waals surface area (Å²) in [6, 6.07) is 7.44. The minimum absolute atomic E-state index is 0.560. The molecule has 18 heavy (non-hydrogen) atoms. The number of benzene rings is 1. The predicted molar refractivity (Wildman–Crippen MR) is 69.6 cm³/mol. The first kappa shape index (κ1) is 14.5. The second kappa shape index (κ2) is 5.87. The Balaban J connectivity index is 2.53. The third-order valence-electron chi connectivity index (χ3n) is 2.60. The zero-order valence-electron chi connectivity index (χ0n) is 10.4. The molecule has 0 radical (unpaired) electrons. The fraction of sp³-hybridized carbons (Fsp3) is 0.385. The highest BCUT2D eigenvalue weighted by Crippen LogP contribution is 2.15. The topological polar surface area (TPSA) is 66.4 Å². The number of aryl methyl sites for hydroxylation is 1. The maximum atomic E-state index is 11.1. The van der Waals surface area contributed by atoms with Gasteiger partial charge in [-0.05, 0) is 44.4 Å². The number of hydrogen-bond acceptors (Lipinski definition) is 2. The molecule has 0 saturated carbocycles. The fourth-order valence-electron chi connectivity index (χ4n) is 1.53. The number of hydrogen-bond donors (Lipinski definition) is 2. The Hall–Kier alpha value is -1.55. The van der Waals surface area contributed by atoms with Crippen molar-refractivity contribution in [3.05, 3.63) is 34.9 Å². The van der Waals surface area contributed by atoms with Crippen LogP contribution in [0.25, 0.3) is 0 Å². The van der Waals surface area contributed by atoms with Crippen LogP contribution in [-0.2, 0) is 16.0 Å². The van der Waals surface area contributed by atoms with Crippen LogP contribution in [0.1, 0.15) is 25.8 Å². The van der Waals surface area contributed by atoms with Crippen molar-refractivity contribution >= 4 is 23.5 Å². The number of carbonyl (C=O) groups excluding carboxylic acids is 1. The summed E-state index contributed by atoms with van der Waals surface area (Å²) in [5.41, 5.74) is 0.534. The normalized spacial score (nSPS) is 11.1. The lowest BCUT2D eigenvalue weighted by molar-refractivity contribution is -0.151. The molecule has 0 saturated heterocycles. The molecule has 0 aliphatic carbocycles. The Morgan fingerprint density at radius 2 is 1.83 bits per heavy atom. The van der Waals surface area contributed by atoms with E-state index in [9.17, 15) is 9.59 Å². The number of nitrogens with one attached hydrogen (secondary N) is 1. The van der Waals surface area contributed by atoms with Gasteiger partial charge in [-0.15, -0.1) is 0 Å². The zero-order valence-corrected chi connectivity index (χ0v) is 11.1. The van der Waals surface area contributed by atoms with Crippen LogP contribution >= 0.6 is 11.6 Å². The van der Waals surface area contributed by atoms with Crippen LogP contribution in [0.3, 0.4) is 0 Å². The van der Waals surface area contributed by atoms with E-state index in [2.05, 4.69) is 5.32 Å². The van der Waals surface area contributed by atoms with Crippen molar-refractivity contribution in [2.24, 2.45) is 0 Å². The molecule has 0 atom stereocenters. The van der Waals surface area contributed by atoms with Crippen LogP contribution in [0.2, 0.25) is 5.02 Å². The van der Waals surface area contributed by atoms with E-state index in [0.717, 1.165) is 12.0 Å². The number of amides is 1. The standard InChI is InChI=1S/C13H16ClNO3/c1-13(2,15-11(16)12(17)18)8-7-9-3-5-10(14)6-4-9/h3-6H,7-8H2,1-2H3,(H,15,16)(H,17,18). The van der Waals surface area contributed by atoms with Crippen LogP contribution in [0, 0.1) is 0 Å². The Bertz CT molecular complexity index is 440. The number of rotatable bonds is 4. The summed E-state index contributed by atoms with van der Waals surface area (Å²) in [6.45, 7) is 3.59. The van der Waals surface area contributed by atoms with E-state index in [4.69, 9.17) is 16.7 Å². The monoisotopic (exact) mass is 269 g/mol. The second-order valence-corrected chi connectivity index (χ2v) is 5.21.